The van der Waals surface area contributed by atoms with Gasteiger partial charge in [-0.2, -0.15) is 10.2 Å². The fourth-order valence-corrected chi connectivity index (χ4v) is 1.99. The van der Waals surface area contributed by atoms with E-state index in [1.807, 2.05) is 26.8 Å². The third-order valence-electron chi connectivity index (χ3n) is 2.66. The van der Waals surface area contributed by atoms with Crippen molar-refractivity contribution in [3.05, 3.63) is 34.2 Å². The molecule has 0 aliphatic heterocycles. The minimum Gasteiger partial charge on any atom is -0.391 e. The van der Waals surface area contributed by atoms with Gasteiger partial charge in [0.15, 0.2) is 5.82 Å². The SMILES string of the molecule is Cc1ccc(-n2nc(C(C)C)c(CO)c2Cl)nn1. The molecule has 0 radical (unpaired) electrons. The molecule has 18 heavy (non-hydrogen) atoms. The highest BCUT2D eigenvalue weighted by Crippen LogP contribution is 2.27. The number of aromatic nitrogens is 4. The van der Waals surface area contributed by atoms with Gasteiger partial charge in [0.1, 0.15) is 5.15 Å². The maximum absolute atomic E-state index is 9.38. The Morgan fingerprint density at radius 1 is 1.33 bits per heavy atom. The average molecular weight is 267 g/mol. The van der Waals surface area contributed by atoms with Gasteiger partial charge in [0.05, 0.1) is 18.0 Å². The Labute approximate surface area is 110 Å². The van der Waals surface area contributed by atoms with E-state index < -0.39 is 0 Å². The maximum atomic E-state index is 9.38. The smallest absolute Gasteiger partial charge is 0.177 e. The Hall–Kier alpha value is -1.46. The van der Waals surface area contributed by atoms with Crippen molar-refractivity contribution < 1.29 is 5.11 Å². The molecule has 6 heteroatoms. The summed E-state index contributed by atoms with van der Waals surface area (Å²) in [7, 11) is 0. The largest absolute Gasteiger partial charge is 0.391 e. The normalized spacial score (nSPS) is 11.2. The highest BCUT2D eigenvalue weighted by atomic mass is 35.5. The van der Waals surface area contributed by atoms with Crippen LogP contribution in [0, 0.1) is 6.92 Å². The molecule has 0 bridgehead atoms. The molecule has 0 aliphatic rings. The molecule has 0 amide bonds. The van der Waals surface area contributed by atoms with Gasteiger partial charge < -0.3 is 5.11 Å². The summed E-state index contributed by atoms with van der Waals surface area (Å²) in [5.74, 6) is 0.733. The van der Waals surface area contributed by atoms with Crippen LogP contribution >= 0.6 is 11.6 Å². The molecule has 0 atom stereocenters. The van der Waals surface area contributed by atoms with E-state index in [9.17, 15) is 5.11 Å². The highest BCUT2D eigenvalue weighted by Gasteiger charge is 2.19. The van der Waals surface area contributed by atoms with Crippen molar-refractivity contribution in [1.29, 1.82) is 0 Å². The van der Waals surface area contributed by atoms with E-state index in [-0.39, 0.29) is 12.5 Å². The Morgan fingerprint density at radius 3 is 2.50 bits per heavy atom. The van der Waals surface area contributed by atoms with E-state index in [4.69, 9.17) is 11.6 Å². The van der Waals surface area contributed by atoms with Gasteiger partial charge in [-0.25, -0.2) is 4.68 Å². The molecule has 2 aromatic heterocycles. The molecule has 2 heterocycles. The fourth-order valence-electron chi connectivity index (χ4n) is 1.71. The van der Waals surface area contributed by atoms with Crippen LogP contribution in [0.2, 0.25) is 5.15 Å². The van der Waals surface area contributed by atoms with Crippen LogP contribution in [0.25, 0.3) is 5.82 Å². The fraction of sp³-hybridized carbons (Fsp3) is 0.417. The molecular weight excluding hydrogens is 252 g/mol. The van der Waals surface area contributed by atoms with Crippen LogP contribution in [-0.4, -0.2) is 25.1 Å². The van der Waals surface area contributed by atoms with Crippen molar-refractivity contribution in [2.24, 2.45) is 0 Å². The lowest BCUT2D eigenvalue weighted by Crippen LogP contribution is -2.02. The lowest BCUT2D eigenvalue weighted by atomic mass is 10.1. The van der Waals surface area contributed by atoms with Gasteiger partial charge in [0, 0.05) is 5.56 Å². The zero-order chi connectivity index (χ0) is 13.3. The summed E-state index contributed by atoms with van der Waals surface area (Å²) in [4.78, 5) is 0. The molecule has 2 rings (SSSR count). The summed E-state index contributed by atoms with van der Waals surface area (Å²) in [6, 6.07) is 3.64. The van der Waals surface area contributed by atoms with Crippen molar-refractivity contribution in [1.82, 2.24) is 20.0 Å². The summed E-state index contributed by atoms with van der Waals surface area (Å²) in [6.45, 7) is 5.73. The van der Waals surface area contributed by atoms with E-state index >= 15 is 0 Å². The van der Waals surface area contributed by atoms with Crippen molar-refractivity contribution in [2.45, 2.75) is 33.3 Å². The summed E-state index contributed by atoms with van der Waals surface area (Å²) >= 11 is 6.22. The number of halogens is 1. The van der Waals surface area contributed by atoms with Crippen molar-refractivity contribution in [2.75, 3.05) is 0 Å². The lowest BCUT2D eigenvalue weighted by Gasteiger charge is -2.01. The number of hydrogen-bond acceptors (Lipinski definition) is 4. The molecule has 1 N–H and O–H groups in total. The summed E-state index contributed by atoms with van der Waals surface area (Å²) in [5.41, 5.74) is 2.26. The first-order valence-corrected chi connectivity index (χ1v) is 6.11. The molecule has 5 nitrogen and oxygen atoms in total. The van der Waals surface area contributed by atoms with Crippen LogP contribution < -0.4 is 0 Å². The maximum Gasteiger partial charge on any atom is 0.177 e. The molecule has 96 valence electrons. The number of aryl methyl sites for hydroxylation is 1. The number of nitrogens with zero attached hydrogens (tertiary/aromatic N) is 4. The second-order valence-electron chi connectivity index (χ2n) is 4.41. The highest BCUT2D eigenvalue weighted by molar-refractivity contribution is 6.30. The van der Waals surface area contributed by atoms with Crippen LogP contribution in [0.5, 0.6) is 0 Å². The van der Waals surface area contributed by atoms with E-state index in [0.29, 0.717) is 16.5 Å². The quantitative estimate of drug-likeness (QED) is 0.925. The standard InChI is InChI=1S/C12H15ClN4O/c1-7(2)11-9(6-18)12(13)17(16-11)10-5-4-8(3)14-15-10/h4-5,7,18H,6H2,1-3H3. The Morgan fingerprint density at radius 2 is 2.06 bits per heavy atom. The minimum absolute atomic E-state index is 0.133. The van der Waals surface area contributed by atoms with Gasteiger partial charge in [0.2, 0.25) is 0 Å². The molecule has 0 spiro atoms. The van der Waals surface area contributed by atoms with Crippen LogP contribution in [0.4, 0.5) is 0 Å². The third kappa shape index (κ3) is 2.23. The zero-order valence-corrected chi connectivity index (χ0v) is 11.3. The van der Waals surface area contributed by atoms with Gasteiger partial charge in [-0.05, 0) is 25.0 Å². The zero-order valence-electron chi connectivity index (χ0n) is 10.6. The van der Waals surface area contributed by atoms with Crippen LogP contribution in [0.3, 0.4) is 0 Å². The molecule has 0 unspecified atom stereocenters. The number of rotatable bonds is 3. The molecule has 0 aliphatic carbocycles. The predicted molar refractivity (Wildman–Crippen MR) is 68.9 cm³/mol. The summed E-state index contributed by atoms with van der Waals surface area (Å²) in [6.07, 6.45) is 0. The Kier molecular flexibility index (Phi) is 3.63. The molecular formula is C12H15ClN4O. The van der Waals surface area contributed by atoms with E-state index in [1.165, 1.54) is 4.68 Å². The first kappa shape index (κ1) is 13.0. The minimum atomic E-state index is -0.133. The van der Waals surface area contributed by atoms with Crippen molar-refractivity contribution in [3.8, 4) is 5.82 Å². The number of aliphatic hydroxyl groups excluding tert-OH is 1. The van der Waals surface area contributed by atoms with Crippen LogP contribution in [0.15, 0.2) is 12.1 Å². The first-order valence-electron chi connectivity index (χ1n) is 5.73. The monoisotopic (exact) mass is 266 g/mol. The topological polar surface area (TPSA) is 63.8 Å². The number of hydrogen-bond donors (Lipinski definition) is 1. The number of aliphatic hydroxyl groups is 1. The van der Waals surface area contributed by atoms with Gasteiger partial charge in [0.25, 0.3) is 0 Å². The van der Waals surface area contributed by atoms with E-state index in [2.05, 4.69) is 15.3 Å². The van der Waals surface area contributed by atoms with Crippen LogP contribution in [0.1, 0.15) is 36.7 Å². The van der Waals surface area contributed by atoms with Gasteiger partial charge in [-0.1, -0.05) is 25.4 Å². The van der Waals surface area contributed by atoms with E-state index in [1.54, 1.807) is 6.07 Å². The molecule has 0 saturated carbocycles. The van der Waals surface area contributed by atoms with Gasteiger partial charge >= 0.3 is 0 Å². The Balaban J connectivity index is 2.55. The second kappa shape index (κ2) is 5.04. The van der Waals surface area contributed by atoms with Gasteiger partial charge in [-0.3, -0.25) is 0 Å². The first-order chi connectivity index (χ1) is 8.54. The molecule has 0 aromatic carbocycles. The molecule has 0 saturated heterocycles. The van der Waals surface area contributed by atoms with Gasteiger partial charge in [-0.15, -0.1) is 5.10 Å². The predicted octanol–water partition coefficient (Wildman–Crippen LogP) is 2.24. The molecule has 0 fully saturated rings. The summed E-state index contributed by atoms with van der Waals surface area (Å²) in [5, 5.41) is 22.2. The summed E-state index contributed by atoms with van der Waals surface area (Å²) < 4.78 is 1.51. The van der Waals surface area contributed by atoms with E-state index in [0.717, 1.165) is 11.4 Å². The Bertz CT molecular complexity index is 548. The van der Waals surface area contributed by atoms with Crippen LogP contribution in [-0.2, 0) is 6.61 Å². The second-order valence-corrected chi connectivity index (χ2v) is 4.77. The third-order valence-corrected chi connectivity index (χ3v) is 3.05. The average Bonchev–Trinajstić information content (AvgIpc) is 2.67. The lowest BCUT2D eigenvalue weighted by molar-refractivity contribution is 0.280. The van der Waals surface area contributed by atoms with Crippen molar-refractivity contribution in [3.63, 3.8) is 0 Å². The molecule has 2 aromatic rings. The van der Waals surface area contributed by atoms with Crippen molar-refractivity contribution >= 4 is 11.6 Å².